The van der Waals surface area contributed by atoms with Gasteiger partial charge in [0.1, 0.15) is 6.04 Å². The van der Waals surface area contributed by atoms with Gasteiger partial charge in [-0.15, -0.1) is 4.91 Å². The van der Waals surface area contributed by atoms with E-state index < -0.39 is 73.0 Å². The summed E-state index contributed by atoms with van der Waals surface area (Å²) in [4.78, 5) is 41.4. The molecular weight excluding hydrogens is 535 g/mol. The van der Waals surface area contributed by atoms with Gasteiger partial charge in [0.25, 0.3) is 5.91 Å². The first-order chi connectivity index (χ1) is 18.3. The van der Waals surface area contributed by atoms with E-state index in [1.54, 1.807) is 0 Å². The first-order valence-corrected chi connectivity index (χ1v) is 11.8. The summed E-state index contributed by atoms with van der Waals surface area (Å²) in [7, 11) is 1.13. The van der Waals surface area contributed by atoms with Gasteiger partial charge in [0.2, 0.25) is 17.5 Å². The van der Waals surface area contributed by atoms with Crippen molar-refractivity contribution in [2.45, 2.75) is 56.4 Å². The van der Waals surface area contributed by atoms with Crippen molar-refractivity contribution in [2.24, 2.45) is 16.8 Å². The van der Waals surface area contributed by atoms with Crippen LogP contribution in [-0.2, 0) is 16.1 Å². The predicted molar refractivity (Wildman–Crippen MR) is 124 cm³/mol. The van der Waals surface area contributed by atoms with Gasteiger partial charge in [-0.05, 0) is 35.6 Å². The lowest BCUT2D eigenvalue weighted by molar-refractivity contribution is -0.149. The molecule has 0 radical (unpaired) electrons. The fourth-order valence-electron chi connectivity index (χ4n) is 4.64. The van der Waals surface area contributed by atoms with Crippen LogP contribution in [0.15, 0.2) is 35.2 Å². The van der Waals surface area contributed by atoms with Crippen molar-refractivity contribution in [1.82, 2.24) is 30.1 Å². The number of imidazole rings is 1. The summed E-state index contributed by atoms with van der Waals surface area (Å²) in [5.41, 5.74) is 5.65. The second-order valence-electron chi connectivity index (χ2n) is 9.41. The minimum absolute atomic E-state index is 0.0439. The highest BCUT2D eigenvalue weighted by Crippen LogP contribution is 2.41. The minimum Gasteiger partial charge on any atom is -0.481 e. The van der Waals surface area contributed by atoms with Crippen LogP contribution < -0.4 is 16.4 Å². The van der Waals surface area contributed by atoms with Gasteiger partial charge in [0.05, 0.1) is 37.8 Å². The molecule has 0 aromatic carbocycles. The van der Waals surface area contributed by atoms with Gasteiger partial charge in [-0.3, -0.25) is 4.79 Å². The van der Waals surface area contributed by atoms with E-state index in [9.17, 15) is 36.4 Å². The summed E-state index contributed by atoms with van der Waals surface area (Å²) in [6.45, 7) is -0.740. The van der Waals surface area contributed by atoms with Crippen LogP contribution in [-0.4, -0.2) is 63.2 Å². The Kier molecular flexibility index (Phi) is 7.61. The fraction of sp³-hybridized carbons (Fsp3) is 0.545. The molecule has 2 aromatic rings. The summed E-state index contributed by atoms with van der Waals surface area (Å²) >= 11 is 0. The lowest BCUT2D eigenvalue weighted by atomic mass is 9.81. The number of alkyl halides is 5. The molecule has 12 nitrogen and oxygen atoms in total. The highest BCUT2D eigenvalue weighted by Gasteiger charge is 2.47. The second-order valence-corrected chi connectivity index (χ2v) is 9.41. The van der Waals surface area contributed by atoms with E-state index in [-0.39, 0.29) is 30.7 Å². The Balaban J connectivity index is 1.59. The van der Waals surface area contributed by atoms with E-state index in [1.165, 1.54) is 23.0 Å². The van der Waals surface area contributed by atoms with E-state index in [0.29, 0.717) is 5.56 Å². The Labute approximate surface area is 217 Å². The molecule has 1 saturated carbocycles. The number of rotatable bonds is 8. The van der Waals surface area contributed by atoms with Crippen LogP contribution in [0.3, 0.4) is 0 Å². The maximum atomic E-state index is 13.8. The molecule has 3 heterocycles. The van der Waals surface area contributed by atoms with E-state index in [1.807, 2.05) is 5.32 Å². The van der Waals surface area contributed by atoms with Crippen LogP contribution in [0.1, 0.15) is 43.0 Å². The standard InChI is InChI=1S/C22H25F5N8O4/c1-39-18(28)17(33-38)19(36)32-16(12-2-4-21(23,24)5-3-12)13-9-35-15(30-13)6-11(7-29-35)8-34-10-14(22(25,26)27)31-20(34)37/h6-7,9,12,14,16H,2-5,8,10,28H2,1H3,(H,31,37)(H,32,36)/t14-,16-/m0/s1. The van der Waals surface area contributed by atoms with Crippen molar-refractivity contribution in [3.63, 3.8) is 0 Å². The van der Waals surface area contributed by atoms with Gasteiger partial charge in [0.15, 0.2) is 5.65 Å². The van der Waals surface area contributed by atoms with Crippen LogP contribution in [0.5, 0.6) is 0 Å². The molecule has 39 heavy (non-hydrogen) atoms. The maximum absolute atomic E-state index is 13.8. The van der Waals surface area contributed by atoms with Gasteiger partial charge >= 0.3 is 12.2 Å². The number of nitroso groups, excluding NO2 is 1. The molecule has 1 saturated heterocycles. The Morgan fingerprint density at radius 1 is 1.36 bits per heavy atom. The number of aromatic nitrogens is 3. The number of fused-ring (bicyclic) bond motifs is 1. The monoisotopic (exact) mass is 560 g/mol. The summed E-state index contributed by atoms with van der Waals surface area (Å²) in [6, 6.07) is -2.29. The fourth-order valence-corrected chi connectivity index (χ4v) is 4.64. The number of carbonyl (C=O) groups excluding carboxylic acids is 2. The lowest BCUT2D eigenvalue weighted by Crippen LogP contribution is -2.40. The molecule has 2 aliphatic rings. The first kappa shape index (κ1) is 28.0. The molecule has 1 aliphatic carbocycles. The Bertz CT molecular complexity index is 1290. The van der Waals surface area contributed by atoms with E-state index in [0.717, 1.165) is 12.0 Å². The molecule has 212 valence electrons. The predicted octanol–water partition coefficient (Wildman–Crippen LogP) is 2.71. The average Bonchev–Trinajstić information content (AvgIpc) is 3.46. The molecule has 4 rings (SSSR count). The number of amides is 3. The zero-order valence-electron chi connectivity index (χ0n) is 20.5. The molecule has 0 unspecified atom stereocenters. The zero-order chi connectivity index (χ0) is 28.5. The molecule has 4 N–H and O–H groups in total. The summed E-state index contributed by atoms with van der Waals surface area (Å²) in [5.74, 6) is -4.85. The Morgan fingerprint density at radius 2 is 2.05 bits per heavy atom. The molecule has 2 fully saturated rings. The van der Waals surface area contributed by atoms with Crippen LogP contribution in [0.25, 0.3) is 5.65 Å². The van der Waals surface area contributed by atoms with Crippen molar-refractivity contribution in [3.8, 4) is 0 Å². The van der Waals surface area contributed by atoms with Gasteiger partial charge < -0.3 is 26.0 Å². The number of halogens is 5. The van der Waals surface area contributed by atoms with Crippen LogP contribution in [0, 0.1) is 10.8 Å². The van der Waals surface area contributed by atoms with Gasteiger partial charge in [-0.25, -0.2) is 23.1 Å². The molecular formula is C22H25F5N8O4. The second kappa shape index (κ2) is 10.6. The zero-order valence-corrected chi connectivity index (χ0v) is 20.5. The van der Waals surface area contributed by atoms with Crippen molar-refractivity contribution in [1.29, 1.82) is 0 Å². The number of nitrogens with two attached hydrogens (primary N) is 1. The number of hydrogen-bond acceptors (Lipinski definition) is 8. The number of hydrogen-bond donors (Lipinski definition) is 3. The molecule has 2 atom stereocenters. The third-order valence-electron chi connectivity index (χ3n) is 6.75. The quantitative estimate of drug-likeness (QED) is 0.194. The molecule has 17 heteroatoms. The number of carbonyl (C=O) groups is 2. The number of methoxy groups -OCH3 is 1. The molecule has 3 amide bonds. The smallest absolute Gasteiger partial charge is 0.410 e. The van der Waals surface area contributed by atoms with Gasteiger partial charge in [-0.2, -0.15) is 18.3 Å². The SMILES string of the molecule is COC(N)=C(N=O)C(=O)N[C@H](c1cn2ncc(CN3C[C@@H](C(F)(F)F)NC3=O)cc2n1)C1CCC(F)(F)CC1. The summed E-state index contributed by atoms with van der Waals surface area (Å²) in [5, 5.41) is 11.3. The van der Waals surface area contributed by atoms with Crippen LogP contribution in [0.2, 0.25) is 0 Å². The van der Waals surface area contributed by atoms with Gasteiger partial charge in [0, 0.05) is 19.4 Å². The molecule has 1 aliphatic heterocycles. The normalized spacial score (nSPS) is 21.3. The molecule has 2 aromatic heterocycles. The highest BCUT2D eigenvalue weighted by atomic mass is 19.4. The van der Waals surface area contributed by atoms with Crippen molar-refractivity contribution < 1.29 is 36.3 Å². The van der Waals surface area contributed by atoms with E-state index >= 15 is 0 Å². The van der Waals surface area contributed by atoms with Crippen molar-refractivity contribution in [3.05, 3.63) is 46.2 Å². The topological polar surface area (TPSA) is 156 Å². The third kappa shape index (κ3) is 6.17. The Hall–Kier alpha value is -4.05. The number of urea groups is 1. The van der Waals surface area contributed by atoms with Crippen LogP contribution in [0.4, 0.5) is 26.7 Å². The number of nitrogens with zero attached hydrogens (tertiary/aromatic N) is 5. The summed E-state index contributed by atoms with van der Waals surface area (Å²) in [6.07, 6.45) is -2.52. The minimum atomic E-state index is -4.59. The largest absolute Gasteiger partial charge is 0.481 e. The highest BCUT2D eigenvalue weighted by molar-refractivity contribution is 5.93. The lowest BCUT2D eigenvalue weighted by Gasteiger charge is -2.33. The van der Waals surface area contributed by atoms with Crippen molar-refractivity contribution in [2.75, 3.05) is 13.7 Å². The van der Waals surface area contributed by atoms with Gasteiger partial charge in [-0.1, -0.05) is 0 Å². The number of ether oxygens (including phenoxy) is 1. The van der Waals surface area contributed by atoms with Crippen LogP contribution >= 0.6 is 0 Å². The van der Waals surface area contributed by atoms with E-state index in [4.69, 9.17) is 10.5 Å². The Morgan fingerprint density at radius 3 is 2.64 bits per heavy atom. The van der Waals surface area contributed by atoms with E-state index in [2.05, 4.69) is 20.6 Å². The third-order valence-corrected chi connectivity index (χ3v) is 6.75. The molecule has 0 spiro atoms. The summed E-state index contributed by atoms with van der Waals surface area (Å²) < 4.78 is 72.6. The van der Waals surface area contributed by atoms with Crippen molar-refractivity contribution >= 4 is 17.6 Å². The number of nitrogens with one attached hydrogen (secondary N) is 2. The average molecular weight is 560 g/mol. The molecule has 0 bridgehead atoms. The maximum Gasteiger partial charge on any atom is 0.410 e. The first-order valence-electron chi connectivity index (χ1n) is 11.8.